The van der Waals surface area contributed by atoms with E-state index in [1.54, 1.807) is 0 Å². The lowest BCUT2D eigenvalue weighted by atomic mass is 9.40. The summed E-state index contributed by atoms with van der Waals surface area (Å²) in [6, 6.07) is 8.14. The first-order valence-corrected chi connectivity index (χ1v) is 19.8. The van der Waals surface area contributed by atoms with Gasteiger partial charge in [-0.3, -0.25) is 24.0 Å². The third-order valence-corrected chi connectivity index (χ3v) is 14.9. The van der Waals surface area contributed by atoms with Crippen molar-refractivity contribution in [1.82, 2.24) is 5.32 Å². The zero-order valence-corrected chi connectivity index (χ0v) is 32.7. The normalized spacial score (nSPS) is 34.3. The maximum absolute atomic E-state index is 14.6. The Kier molecular flexibility index (Phi) is 8.93. The lowest BCUT2D eigenvalue weighted by molar-refractivity contribution is -0.161. The third kappa shape index (κ3) is 5.80. The van der Waals surface area contributed by atoms with Crippen LogP contribution < -0.4 is 5.32 Å². The van der Waals surface area contributed by atoms with E-state index in [0.29, 0.717) is 18.8 Å². The highest BCUT2D eigenvalue weighted by Gasteiger charge is 2.64. The van der Waals surface area contributed by atoms with Gasteiger partial charge in [-0.2, -0.15) is 0 Å². The molecular formula is C45H57NO7. The monoisotopic (exact) mass is 723 g/mol. The van der Waals surface area contributed by atoms with Crippen LogP contribution in [0.1, 0.15) is 123 Å². The number of ketones is 2. The molecule has 6 aliphatic rings. The summed E-state index contributed by atoms with van der Waals surface area (Å²) in [6.45, 7) is 18.4. The zero-order chi connectivity index (χ0) is 38.5. The minimum absolute atomic E-state index is 0.00401. The lowest BCUT2D eigenvalue weighted by Gasteiger charge is -2.64. The number of hydrogen-bond acceptors (Lipinski definition) is 6. The fourth-order valence-electron chi connectivity index (χ4n) is 11.8. The van der Waals surface area contributed by atoms with E-state index in [1.807, 2.05) is 45.0 Å². The van der Waals surface area contributed by atoms with Gasteiger partial charge in [0.2, 0.25) is 5.78 Å². The largest absolute Gasteiger partial charge is 0.481 e. The van der Waals surface area contributed by atoms with Crippen molar-refractivity contribution in [1.29, 1.82) is 0 Å². The van der Waals surface area contributed by atoms with Gasteiger partial charge in [0.1, 0.15) is 6.10 Å². The number of Topliss-reactive ketones (excluding diaryl/α,β-unsaturated/α-hetero) is 2. The third-order valence-electron chi connectivity index (χ3n) is 14.9. The first-order chi connectivity index (χ1) is 24.8. The summed E-state index contributed by atoms with van der Waals surface area (Å²) in [4.78, 5) is 67.2. The number of esters is 1. The molecule has 0 radical (unpaired) electrons. The van der Waals surface area contributed by atoms with Crippen LogP contribution in [0.15, 0.2) is 59.2 Å². The van der Waals surface area contributed by atoms with Gasteiger partial charge in [-0.25, -0.2) is 0 Å². The molecule has 1 amide bonds. The number of aryl methyl sites for hydroxylation is 1. The van der Waals surface area contributed by atoms with Gasteiger partial charge in [-0.15, -0.1) is 0 Å². The lowest BCUT2D eigenvalue weighted by Crippen LogP contribution is -2.57. The molecule has 2 unspecified atom stereocenters. The first kappa shape index (κ1) is 37.5. The maximum Gasteiger partial charge on any atom is 0.309 e. The van der Waals surface area contributed by atoms with Gasteiger partial charge in [-0.05, 0) is 129 Å². The Bertz CT molecular complexity index is 1860. The van der Waals surface area contributed by atoms with Crippen molar-refractivity contribution >= 4 is 29.4 Å². The Hall–Kier alpha value is -3.81. The number of nitrogens with one attached hydrogen (secondary N) is 1. The number of fused-ring (bicyclic) bond motifs is 7. The minimum Gasteiger partial charge on any atom is -0.481 e. The Morgan fingerprint density at radius 2 is 1.68 bits per heavy atom. The number of carbonyl (C=O) groups excluding carboxylic acids is 4. The van der Waals surface area contributed by atoms with Crippen molar-refractivity contribution in [2.75, 3.05) is 0 Å². The van der Waals surface area contributed by atoms with Gasteiger partial charge < -0.3 is 15.2 Å². The molecule has 0 spiro atoms. The molecule has 0 aliphatic heterocycles. The van der Waals surface area contributed by atoms with Crippen LogP contribution in [0.5, 0.6) is 0 Å². The average molecular weight is 724 g/mol. The molecule has 0 aromatic heterocycles. The number of amides is 1. The van der Waals surface area contributed by atoms with Gasteiger partial charge >= 0.3 is 11.9 Å². The molecule has 2 N–H and O–H groups in total. The van der Waals surface area contributed by atoms with E-state index < -0.39 is 46.1 Å². The Balaban J connectivity index is 1.16. The zero-order valence-electron chi connectivity index (χ0n) is 32.7. The van der Waals surface area contributed by atoms with E-state index >= 15 is 0 Å². The quantitative estimate of drug-likeness (QED) is 0.150. The molecule has 1 aromatic rings. The molecule has 6 aliphatic carbocycles. The van der Waals surface area contributed by atoms with E-state index in [2.05, 4.69) is 31.8 Å². The van der Waals surface area contributed by atoms with Crippen LogP contribution in [0.3, 0.4) is 0 Å². The fraction of sp³-hybridized carbons (Fsp3) is 0.622. The first-order valence-electron chi connectivity index (χ1n) is 19.8. The molecular weight excluding hydrogens is 666 g/mol. The number of carboxylic acids is 1. The number of ether oxygens (including phenoxy) is 1. The molecule has 4 fully saturated rings. The van der Waals surface area contributed by atoms with Crippen LogP contribution in [0.4, 0.5) is 0 Å². The second-order valence-corrected chi connectivity index (χ2v) is 18.9. The topological polar surface area (TPSA) is 127 Å². The van der Waals surface area contributed by atoms with E-state index in [0.717, 1.165) is 72.8 Å². The van der Waals surface area contributed by atoms with E-state index in [9.17, 15) is 29.1 Å². The molecule has 8 nitrogen and oxygen atoms in total. The van der Waals surface area contributed by atoms with Crippen molar-refractivity contribution in [3.8, 4) is 0 Å². The highest BCUT2D eigenvalue weighted by Crippen LogP contribution is 2.70. The molecule has 0 bridgehead atoms. The summed E-state index contributed by atoms with van der Waals surface area (Å²) in [5, 5.41) is 12.7. The summed E-state index contributed by atoms with van der Waals surface area (Å²) in [7, 11) is 0. The Morgan fingerprint density at radius 3 is 2.30 bits per heavy atom. The van der Waals surface area contributed by atoms with Gasteiger partial charge in [-0.1, -0.05) is 75.8 Å². The van der Waals surface area contributed by atoms with Crippen molar-refractivity contribution in [3.05, 3.63) is 70.3 Å². The number of aliphatic carboxylic acids is 1. The number of hydrogen-bond donors (Lipinski definition) is 2. The van der Waals surface area contributed by atoms with Crippen LogP contribution in [-0.4, -0.2) is 40.6 Å². The summed E-state index contributed by atoms with van der Waals surface area (Å²) < 4.78 is 5.92. The van der Waals surface area contributed by atoms with E-state index in [4.69, 9.17) is 4.74 Å². The summed E-state index contributed by atoms with van der Waals surface area (Å²) >= 11 is 0. The van der Waals surface area contributed by atoms with Crippen molar-refractivity contribution < 1.29 is 33.8 Å². The average Bonchev–Trinajstić information content (AvgIpc) is 3.78. The highest BCUT2D eigenvalue weighted by molar-refractivity contribution is 6.40. The Morgan fingerprint density at radius 1 is 1.00 bits per heavy atom. The molecule has 1 aromatic carbocycles. The van der Waals surface area contributed by atoms with Crippen LogP contribution >= 0.6 is 0 Å². The van der Waals surface area contributed by atoms with Crippen LogP contribution in [0.2, 0.25) is 0 Å². The molecule has 53 heavy (non-hydrogen) atoms. The number of carboxylic acid groups (broad SMARTS) is 1. The summed E-state index contributed by atoms with van der Waals surface area (Å²) in [5.74, 6) is -2.21. The molecule has 0 saturated heterocycles. The number of carbonyl (C=O) groups is 5. The molecule has 7 atom stereocenters. The second kappa shape index (κ2) is 12.6. The highest BCUT2D eigenvalue weighted by atomic mass is 16.5. The molecule has 8 heteroatoms. The summed E-state index contributed by atoms with van der Waals surface area (Å²) in [6.07, 6.45) is 8.65. The number of benzene rings is 1. The minimum atomic E-state index is -1.21. The van der Waals surface area contributed by atoms with Gasteiger partial charge in [0, 0.05) is 12.3 Å². The fourth-order valence-corrected chi connectivity index (χ4v) is 11.8. The Labute approximate surface area is 314 Å². The predicted octanol–water partition coefficient (Wildman–Crippen LogP) is 8.12. The van der Waals surface area contributed by atoms with Gasteiger partial charge in [0.15, 0.2) is 5.78 Å². The van der Waals surface area contributed by atoms with Gasteiger partial charge in [0.05, 0.1) is 22.8 Å². The maximum atomic E-state index is 14.6. The van der Waals surface area contributed by atoms with Crippen molar-refractivity contribution in [2.45, 2.75) is 131 Å². The van der Waals surface area contributed by atoms with Crippen LogP contribution in [0.25, 0.3) is 0 Å². The second-order valence-electron chi connectivity index (χ2n) is 18.9. The SMILES string of the molecule is C=C1C(OC(=O)CC(C)(C)C(=O)O)CC[C@]2(C)[C@H]3CC[C@H]4C(=CCC5(C(=O)C(=O)NC6(c7ccc(C)cc7)CC6)CC(=O)C(C(C)C)=C45)[C@]3(C)CC[C@@H]12. The van der Waals surface area contributed by atoms with E-state index in [-0.39, 0.29) is 47.2 Å². The standard InChI is InChI=1S/C45H57NO7/c1-25(2)36-32(47)23-44(38(49)39(50)46-45(21-22-45)28-11-9-26(3)10-12-28)20-16-31-29(37(36)44)13-14-34-42(7)19-17-33(27(4)30(42)15-18-43(31,34)8)53-35(48)24-41(5,6)40(51)52/h9-12,16,25,29-30,33-34H,4,13-15,17-24H2,1-3,5-8H3,(H,46,50)(H,51,52)/t29-,30-,33?,34+,42-,43-,44?/m0/s1. The van der Waals surface area contributed by atoms with Crippen molar-refractivity contribution in [2.24, 2.45) is 45.3 Å². The predicted molar refractivity (Wildman–Crippen MR) is 201 cm³/mol. The molecule has 7 rings (SSSR count). The van der Waals surface area contributed by atoms with Crippen LogP contribution in [0, 0.1) is 52.3 Å². The molecule has 284 valence electrons. The van der Waals surface area contributed by atoms with E-state index in [1.165, 1.54) is 19.4 Å². The van der Waals surface area contributed by atoms with Crippen molar-refractivity contribution in [3.63, 3.8) is 0 Å². The van der Waals surface area contributed by atoms with Crippen LogP contribution in [-0.2, 0) is 34.2 Å². The number of rotatable bonds is 9. The molecule has 0 heterocycles. The van der Waals surface area contributed by atoms with Gasteiger partial charge in [0.25, 0.3) is 5.91 Å². The molecule has 4 saturated carbocycles. The number of allylic oxidation sites excluding steroid dienone is 4. The summed E-state index contributed by atoms with van der Waals surface area (Å²) in [5.41, 5.74) is 2.96. The smallest absolute Gasteiger partial charge is 0.309 e.